The van der Waals surface area contributed by atoms with Crippen molar-refractivity contribution in [2.75, 3.05) is 20.3 Å². The maximum absolute atomic E-state index is 13.1. The molecule has 1 amide bonds. The summed E-state index contributed by atoms with van der Waals surface area (Å²) >= 11 is 0. The fraction of sp³-hybridized carbons (Fsp3) is 0.480. The molecule has 0 aromatic heterocycles. The lowest BCUT2D eigenvalue weighted by atomic mass is 9.75. The third kappa shape index (κ3) is 7.30. The molecular formula is C25H31N3O8. The first-order chi connectivity index (χ1) is 17.1. The number of benzene rings is 1. The number of Topliss-reactive ketones (excluding diaryl/α,β-unsaturated/α-hetero) is 1. The molecule has 0 saturated carbocycles. The van der Waals surface area contributed by atoms with Crippen molar-refractivity contribution in [1.29, 1.82) is 0 Å². The second-order valence-electron chi connectivity index (χ2n) is 8.29. The van der Waals surface area contributed by atoms with Crippen LogP contribution in [0.1, 0.15) is 57.9 Å². The number of ketones is 1. The number of amides is 1. The summed E-state index contributed by atoms with van der Waals surface area (Å²) in [7, 11) is 1.21. The van der Waals surface area contributed by atoms with Crippen molar-refractivity contribution in [2.24, 2.45) is 10.9 Å². The molecule has 2 rings (SSSR count). The van der Waals surface area contributed by atoms with Crippen molar-refractivity contribution >= 4 is 35.0 Å². The van der Waals surface area contributed by atoms with Gasteiger partial charge in [-0.25, -0.2) is 4.79 Å². The highest BCUT2D eigenvalue weighted by atomic mass is 16.6. The number of carbonyl (C=O) groups excluding carboxylic acids is 4. The smallest absolute Gasteiger partial charge is 0.336 e. The van der Waals surface area contributed by atoms with Gasteiger partial charge < -0.3 is 14.8 Å². The van der Waals surface area contributed by atoms with Gasteiger partial charge in [0, 0.05) is 50.1 Å². The molecule has 1 aromatic rings. The molecule has 2 atom stereocenters. The summed E-state index contributed by atoms with van der Waals surface area (Å²) < 4.78 is 10.2. The Morgan fingerprint density at radius 3 is 2.53 bits per heavy atom. The van der Waals surface area contributed by atoms with Gasteiger partial charge in [0.05, 0.1) is 29.9 Å². The van der Waals surface area contributed by atoms with E-state index in [9.17, 15) is 29.3 Å². The summed E-state index contributed by atoms with van der Waals surface area (Å²) in [4.78, 5) is 64.7. The van der Waals surface area contributed by atoms with Gasteiger partial charge in [-0.05, 0) is 32.3 Å². The quantitative estimate of drug-likeness (QED) is 0.198. The van der Waals surface area contributed by atoms with E-state index in [4.69, 9.17) is 9.47 Å². The summed E-state index contributed by atoms with van der Waals surface area (Å²) in [5.41, 5.74) is 0.883. The number of esters is 2. The van der Waals surface area contributed by atoms with Crippen LogP contribution in [0.3, 0.4) is 0 Å². The summed E-state index contributed by atoms with van der Waals surface area (Å²) in [6, 6.07) is 5.69. The van der Waals surface area contributed by atoms with E-state index < -0.39 is 28.7 Å². The monoisotopic (exact) mass is 501 g/mol. The number of nitro benzene ring substituents is 1. The number of nitrogens with one attached hydrogen (secondary N) is 1. The molecule has 11 nitrogen and oxygen atoms in total. The maximum Gasteiger partial charge on any atom is 0.336 e. The molecule has 0 spiro atoms. The van der Waals surface area contributed by atoms with Crippen molar-refractivity contribution in [1.82, 2.24) is 5.32 Å². The van der Waals surface area contributed by atoms with Gasteiger partial charge in [0.1, 0.15) is 11.7 Å². The zero-order valence-corrected chi connectivity index (χ0v) is 20.9. The number of methoxy groups -OCH3 is 1. The predicted molar refractivity (Wildman–Crippen MR) is 130 cm³/mol. The average Bonchev–Trinajstić information content (AvgIpc) is 2.84. The van der Waals surface area contributed by atoms with E-state index in [-0.39, 0.29) is 54.5 Å². The van der Waals surface area contributed by atoms with Gasteiger partial charge in [0.25, 0.3) is 5.69 Å². The Hall–Kier alpha value is -3.89. The maximum atomic E-state index is 13.1. The third-order valence-electron chi connectivity index (χ3n) is 5.75. The topological polar surface area (TPSA) is 154 Å². The molecular weight excluding hydrogens is 470 g/mol. The summed E-state index contributed by atoms with van der Waals surface area (Å²) in [6.07, 6.45) is 0.915. The Balaban J connectivity index is 2.48. The fourth-order valence-electron chi connectivity index (χ4n) is 4.13. The van der Waals surface area contributed by atoms with E-state index in [0.29, 0.717) is 24.2 Å². The minimum absolute atomic E-state index is 0.0605. The van der Waals surface area contributed by atoms with Gasteiger partial charge in [-0.2, -0.15) is 0 Å². The Bertz CT molecular complexity index is 1090. The van der Waals surface area contributed by atoms with Crippen LogP contribution in [0.15, 0.2) is 40.5 Å². The van der Waals surface area contributed by atoms with Crippen molar-refractivity contribution < 1.29 is 33.6 Å². The molecule has 0 aliphatic carbocycles. The van der Waals surface area contributed by atoms with Crippen molar-refractivity contribution in [3.8, 4) is 0 Å². The third-order valence-corrected chi connectivity index (χ3v) is 5.75. The highest BCUT2D eigenvalue weighted by Crippen LogP contribution is 2.42. The number of hydrogen-bond acceptors (Lipinski definition) is 9. The molecule has 194 valence electrons. The first-order valence-corrected chi connectivity index (χ1v) is 11.6. The molecule has 0 radical (unpaired) electrons. The lowest BCUT2D eigenvalue weighted by Crippen LogP contribution is -2.36. The van der Waals surface area contributed by atoms with E-state index in [2.05, 4.69) is 10.3 Å². The lowest BCUT2D eigenvalue weighted by Gasteiger charge is -2.32. The van der Waals surface area contributed by atoms with Crippen LogP contribution in [0.5, 0.6) is 0 Å². The minimum Gasteiger partial charge on any atom is -0.468 e. The van der Waals surface area contributed by atoms with Crippen LogP contribution in [0.25, 0.3) is 0 Å². The zero-order chi connectivity index (χ0) is 26.8. The first kappa shape index (κ1) is 28.3. The van der Waals surface area contributed by atoms with E-state index in [1.807, 2.05) is 0 Å². The molecule has 36 heavy (non-hydrogen) atoms. The van der Waals surface area contributed by atoms with E-state index in [0.717, 1.165) is 0 Å². The number of nitrogens with zero attached hydrogens (tertiary/aromatic N) is 2. The van der Waals surface area contributed by atoms with Crippen LogP contribution >= 0.6 is 0 Å². The van der Waals surface area contributed by atoms with Gasteiger partial charge in [-0.1, -0.05) is 12.1 Å². The second-order valence-corrected chi connectivity index (χ2v) is 8.29. The van der Waals surface area contributed by atoms with Gasteiger partial charge >= 0.3 is 11.9 Å². The van der Waals surface area contributed by atoms with Crippen molar-refractivity contribution in [3.05, 3.63) is 51.2 Å². The van der Waals surface area contributed by atoms with Crippen LogP contribution < -0.4 is 5.32 Å². The molecule has 11 heteroatoms. The van der Waals surface area contributed by atoms with Crippen molar-refractivity contribution in [2.45, 2.75) is 52.4 Å². The van der Waals surface area contributed by atoms with E-state index in [1.165, 1.54) is 32.2 Å². The fourth-order valence-corrected chi connectivity index (χ4v) is 4.13. The van der Waals surface area contributed by atoms with Gasteiger partial charge in [-0.3, -0.25) is 29.5 Å². The molecule has 0 fully saturated rings. The number of non-ortho nitro benzene ring substituents is 1. The molecule has 1 N–H and O–H groups in total. The second kappa shape index (κ2) is 13.3. The normalized spacial score (nSPS) is 17.2. The Labute approximate surface area is 209 Å². The lowest BCUT2D eigenvalue weighted by molar-refractivity contribution is -0.384. The van der Waals surface area contributed by atoms with Crippen LogP contribution in [0.2, 0.25) is 0 Å². The first-order valence-electron chi connectivity index (χ1n) is 11.6. The number of ether oxygens (including phenoxy) is 2. The summed E-state index contributed by atoms with van der Waals surface area (Å²) in [5, 5.41) is 14.0. The largest absolute Gasteiger partial charge is 0.468 e. The number of rotatable bonds is 12. The number of nitro groups is 1. The molecule has 1 aliphatic rings. The molecule has 1 aliphatic heterocycles. The number of carbonyl (C=O) groups is 4. The van der Waals surface area contributed by atoms with Crippen LogP contribution in [-0.4, -0.2) is 54.5 Å². The Morgan fingerprint density at radius 2 is 1.92 bits per heavy atom. The van der Waals surface area contributed by atoms with Crippen LogP contribution in [-0.2, 0) is 28.7 Å². The van der Waals surface area contributed by atoms with Gasteiger partial charge in [0.2, 0.25) is 5.91 Å². The van der Waals surface area contributed by atoms with Crippen LogP contribution in [0, 0.1) is 16.0 Å². The molecule has 1 heterocycles. The average molecular weight is 502 g/mol. The standard InChI is InChI=1S/C25H31N3O8/c1-5-36-25(32)23-20(12-11-19(30)10-7-13-26-16(3)29)27-15(2)21(24(31)35-4)22(23)17-8-6-9-18(14-17)28(33)34/h6,8-9,14,21-22H,5,7,10-13H2,1-4H3,(H,26,29). The zero-order valence-electron chi connectivity index (χ0n) is 20.9. The molecule has 0 saturated heterocycles. The van der Waals surface area contributed by atoms with Gasteiger partial charge in [0.15, 0.2) is 0 Å². The summed E-state index contributed by atoms with van der Waals surface area (Å²) in [5.74, 6) is -3.57. The van der Waals surface area contributed by atoms with E-state index in [1.54, 1.807) is 19.9 Å². The van der Waals surface area contributed by atoms with Crippen molar-refractivity contribution in [3.63, 3.8) is 0 Å². The minimum atomic E-state index is -1.01. The Morgan fingerprint density at radius 1 is 1.19 bits per heavy atom. The molecule has 2 unspecified atom stereocenters. The highest BCUT2D eigenvalue weighted by molar-refractivity contribution is 6.07. The SMILES string of the molecule is CCOC(=O)C1=C(CCC(=O)CCCNC(C)=O)N=C(C)C(C(=O)OC)C1c1cccc([N+](=O)[O-])c1. The number of aliphatic imine (C=N–C) groups is 1. The predicted octanol–water partition coefficient (Wildman–Crippen LogP) is 3.02. The highest BCUT2D eigenvalue weighted by Gasteiger charge is 2.43. The number of allylic oxidation sites excluding steroid dienone is 1. The number of hydrogen-bond donors (Lipinski definition) is 1. The Kier molecular flexibility index (Phi) is 10.4. The van der Waals surface area contributed by atoms with Gasteiger partial charge in [-0.15, -0.1) is 0 Å². The van der Waals surface area contributed by atoms with E-state index >= 15 is 0 Å². The molecule has 1 aromatic carbocycles. The summed E-state index contributed by atoms with van der Waals surface area (Å²) in [6.45, 7) is 5.08. The molecule has 0 bridgehead atoms. The van der Waals surface area contributed by atoms with Crippen LogP contribution in [0.4, 0.5) is 5.69 Å².